The third-order valence-electron chi connectivity index (χ3n) is 4.04. The molecule has 0 aliphatic carbocycles. The lowest BCUT2D eigenvalue weighted by Crippen LogP contribution is -2.36. The molecule has 27 heavy (non-hydrogen) atoms. The number of methoxy groups -OCH3 is 1. The molecule has 3 aromatic rings. The first-order valence-corrected chi connectivity index (χ1v) is 8.44. The van der Waals surface area contributed by atoms with Crippen molar-refractivity contribution in [1.29, 1.82) is 0 Å². The minimum atomic E-state index is 0. The standard InChI is InChI=1S/C20H23N5O.HI/c1-21-20(23-13-16-6-5-8-18(12-16)26-2)24-14-17-7-3-4-9-19(17)25-11-10-22-15-25;/h3-12,15H,13-14H2,1-2H3,(H2,21,23,24);1H. The Bertz CT molecular complexity index is 864. The van der Waals surface area contributed by atoms with Crippen molar-refractivity contribution in [3.63, 3.8) is 0 Å². The molecular formula is C20H24IN5O. The number of hydrogen-bond donors (Lipinski definition) is 2. The second kappa shape index (κ2) is 10.6. The molecular weight excluding hydrogens is 453 g/mol. The van der Waals surface area contributed by atoms with E-state index in [0.717, 1.165) is 28.5 Å². The summed E-state index contributed by atoms with van der Waals surface area (Å²) >= 11 is 0. The molecule has 6 nitrogen and oxygen atoms in total. The van der Waals surface area contributed by atoms with Crippen LogP contribution in [-0.2, 0) is 13.1 Å². The van der Waals surface area contributed by atoms with Crippen LogP contribution in [0.2, 0.25) is 0 Å². The van der Waals surface area contributed by atoms with Gasteiger partial charge < -0.3 is 19.9 Å². The van der Waals surface area contributed by atoms with Crippen molar-refractivity contribution in [2.45, 2.75) is 13.1 Å². The number of aromatic nitrogens is 2. The maximum Gasteiger partial charge on any atom is 0.191 e. The van der Waals surface area contributed by atoms with Crippen molar-refractivity contribution in [3.8, 4) is 11.4 Å². The van der Waals surface area contributed by atoms with Gasteiger partial charge in [0.25, 0.3) is 0 Å². The fourth-order valence-electron chi connectivity index (χ4n) is 2.68. The lowest BCUT2D eigenvalue weighted by molar-refractivity contribution is 0.414. The van der Waals surface area contributed by atoms with Crippen molar-refractivity contribution in [3.05, 3.63) is 78.4 Å². The first kappa shape index (κ1) is 20.8. The third kappa shape index (κ3) is 5.72. The van der Waals surface area contributed by atoms with Crippen molar-refractivity contribution in [2.24, 2.45) is 4.99 Å². The molecule has 0 bridgehead atoms. The van der Waals surface area contributed by atoms with Crippen LogP contribution >= 0.6 is 24.0 Å². The fraction of sp³-hybridized carbons (Fsp3) is 0.200. The highest BCUT2D eigenvalue weighted by Gasteiger charge is 2.05. The van der Waals surface area contributed by atoms with Gasteiger partial charge in [-0.05, 0) is 29.3 Å². The summed E-state index contributed by atoms with van der Waals surface area (Å²) in [5.41, 5.74) is 3.39. The van der Waals surface area contributed by atoms with Crippen LogP contribution < -0.4 is 15.4 Å². The van der Waals surface area contributed by atoms with Gasteiger partial charge in [-0.25, -0.2) is 4.98 Å². The number of benzene rings is 2. The summed E-state index contributed by atoms with van der Waals surface area (Å²) in [4.78, 5) is 8.42. The zero-order chi connectivity index (χ0) is 18.2. The topological polar surface area (TPSA) is 63.5 Å². The van der Waals surface area contributed by atoms with Gasteiger partial charge in [0.05, 0.1) is 19.1 Å². The normalized spacial score (nSPS) is 10.8. The number of guanidine groups is 1. The van der Waals surface area contributed by atoms with E-state index in [1.807, 2.05) is 41.1 Å². The molecule has 0 aliphatic heterocycles. The van der Waals surface area contributed by atoms with Gasteiger partial charge in [-0.1, -0.05) is 30.3 Å². The number of nitrogens with zero attached hydrogens (tertiary/aromatic N) is 3. The summed E-state index contributed by atoms with van der Waals surface area (Å²) in [6.07, 6.45) is 5.52. The fourth-order valence-corrected chi connectivity index (χ4v) is 2.68. The second-order valence-corrected chi connectivity index (χ2v) is 5.73. The maximum absolute atomic E-state index is 5.26. The minimum Gasteiger partial charge on any atom is -0.497 e. The number of imidazole rings is 1. The Labute approximate surface area is 176 Å². The Kier molecular flexibility index (Phi) is 8.12. The van der Waals surface area contributed by atoms with Gasteiger partial charge in [0.1, 0.15) is 5.75 Å². The average molecular weight is 477 g/mol. The summed E-state index contributed by atoms with van der Waals surface area (Å²) in [5, 5.41) is 6.69. The van der Waals surface area contributed by atoms with E-state index >= 15 is 0 Å². The number of rotatable bonds is 6. The van der Waals surface area contributed by atoms with E-state index in [-0.39, 0.29) is 24.0 Å². The molecule has 0 spiro atoms. The highest BCUT2D eigenvalue weighted by atomic mass is 127. The molecule has 0 saturated heterocycles. The van der Waals surface area contributed by atoms with Crippen molar-refractivity contribution in [1.82, 2.24) is 20.2 Å². The molecule has 142 valence electrons. The van der Waals surface area contributed by atoms with Crippen LogP contribution in [0.4, 0.5) is 0 Å². The molecule has 0 fully saturated rings. The van der Waals surface area contributed by atoms with Crippen molar-refractivity contribution < 1.29 is 4.74 Å². The van der Waals surface area contributed by atoms with E-state index < -0.39 is 0 Å². The molecule has 0 saturated carbocycles. The number of hydrogen-bond acceptors (Lipinski definition) is 3. The smallest absolute Gasteiger partial charge is 0.191 e. The van der Waals surface area contributed by atoms with Gasteiger partial charge in [-0.2, -0.15) is 0 Å². The highest BCUT2D eigenvalue weighted by molar-refractivity contribution is 14.0. The first-order valence-electron chi connectivity index (χ1n) is 8.44. The maximum atomic E-state index is 5.26. The molecule has 0 radical (unpaired) electrons. The van der Waals surface area contributed by atoms with Crippen molar-refractivity contribution >= 4 is 29.9 Å². The number of aliphatic imine (C=N–C) groups is 1. The van der Waals surface area contributed by atoms with Gasteiger partial charge >= 0.3 is 0 Å². The van der Waals surface area contributed by atoms with Crippen molar-refractivity contribution in [2.75, 3.05) is 14.2 Å². The molecule has 1 heterocycles. The van der Waals surface area contributed by atoms with E-state index in [0.29, 0.717) is 13.1 Å². The Morgan fingerprint density at radius 1 is 1.11 bits per heavy atom. The van der Waals surface area contributed by atoms with E-state index in [1.54, 1.807) is 26.7 Å². The monoisotopic (exact) mass is 477 g/mol. The Morgan fingerprint density at radius 2 is 1.93 bits per heavy atom. The Balaban J connectivity index is 0.00000261. The number of para-hydroxylation sites is 1. The van der Waals surface area contributed by atoms with Gasteiger partial charge in [-0.3, -0.25) is 4.99 Å². The Morgan fingerprint density at radius 3 is 2.67 bits per heavy atom. The van der Waals surface area contributed by atoms with Crippen LogP contribution in [0.3, 0.4) is 0 Å². The second-order valence-electron chi connectivity index (χ2n) is 5.73. The molecule has 7 heteroatoms. The van der Waals surface area contributed by atoms with Crippen LogP contribution in [0.1, 0.15) is 11.1 Å². The molecule has 1 aromatic heterocycles. The quantitative estimate of drug-likeness (QED) is 0.325. The van der Waals surface area contributed by atoms with Crippen LogP contribution in [0.15, 0.2) is 72.2 Å². The molecule has 2 N–H and O–H groups in total. The number of halogens is 1. The van der Waals surface area contributed by atoms with Crippen LogP contribution in [-0.4, -0.2) is 29.7 Å². The SMILES string of the molecule is CN=C(NCc1cccc(OC)c1)NCc1ccccc1-n1ccnc1.I. The molecule has 3 rings (SSSR count). The van der Waals surface area contributed by atoms with Crippen LogP contribution in [0, 0.1) is 0 Å². The summed E-state index contributed by atoms with van der Waals surface area (Å²) in [6.45, 7) is 1.33. The molecule has 0 unspecified atom stereocenters. The van der Waals surface area contributed by atoms with E-state index in [9.17, 15) is 0 Å². The lowest BCUT2D eigenvalue weighted by atomic mass is 10.1. The third-order valence-corrected chi connectivity index (χ3v) is 4.04. The van der Waals surface area contributed by atoms with E-state index in [1.165, 1.54) is 0 Å². The summed E-state index contributed by atoms with van der Waals surface area (Å²) in [6, 6.07) is 16.2. The molecule has 0 aliphatic rings. The van der Waals surface area contributed by atoms with Crippen LogP contribution in [0.25, 0.3) is 5.69 Å². The zero-order valence-corrected chi connectivity index (χ0v) is 17.8. The predicted molar refractivity (Wildman–Crippen MR) is 119 cm³/mol. The number of ether oxygens (including phenoxy) is 1. The minimum absolute atomic E-state index is 0. The van der Waals surface area contributed by atoms with Gasteiger partial charge in [0, 0.05) is 32.5 Å². The first-order chi connectivity index (χ1) is 12.8. The largest absolute Gasteiger partial charge is 0.497 e. The summed E-state index contributed by atoms with van der Waals surface area (Å²) < 4.78 is 7.26. The van der Waals surface area contributed by atoms with E-state index in [2.05, 4.69) is 38.8 Å². The highest BCUT2D eigenvalue weighted by Crippen LogP contribution is 2.14. The number of nitrogens with one attached hydrogen (secondary N) is 2. The predicted octanol–water partition coefficient (Wildman–Crippen LogP) is 3.36. The average Bonchev–Trinajstić information content (AvgIpc) is 3.23. The Hall–Kier alpha value is -2.55. The van der Waals surface area contributed by atoms with Crippen LogP contribution in [0.5, 0.6) is 5.75 Å². The van der Waals surface area contributed by atoms with E-state index in [4.69, 9.17) is 4.74 Å². The van der Waals surface area contributed by atoms with Gasteiger partial charge in [0.15, 0.2) is 5.96 Å². The van der Waals surface area contributed by atoms with Gasteiger partial charge in [-0.15, -0.1) is 24.0 Å². The summed E-state index contributed by atoms with van der Waals surface area (Å²) in [7, 11) is 3.44. The molecule has 2 aromatic carbocycles. The van der Waals surface area contributed by atoms with Gasteiger partial charge in [0.2, 0.25) is 0 Å². The molecule has 0 amide bonds. The lowest BCUT2D eigenvalue weighted by Gasteiger charge is -2.15. The molecule has 0 atom stereocenters. The summed E-state index contributed by atoms with van der Waals surface area (Å²) in [5.74, 6) is 1.59. The zero-order valence-electron chi connectivity index (χ0n) is 15.4.